The Kier molecular flexibility index (Phi) is 11.0. The predicted molar refractivity (Wildman–Crippen MR) is 174 cm³/mol. The molecule has 238 valence electrons. The minimum absolute atomic E-state index is 0.0252. The molecule has 3 aliphatic rings. The number of fused-ring (bicyclic) bond motifs is 1. The normalized spacial score (nSPS) is 21.4. The second kappa shape index (κ2) is 14.9. The molecule has 2 aromatic carbocycles. The molecule has 0 saturated carbocycles. The number of hydrogen-bond donors (Lipinski definition) is 2. The van der Waals surface area contributed by atoms with Crippen molar-refractivity contribution in [1.82, 2.24) is 25.3 Å². The van der Waals surface area contributed by atoms with E-state index in [4.69, 9.17) is 11.6 Å². The molecule has 5 rings (SSSR count). The first-order chi connectivity index (χ1) is 21.2. The van der Waals surface area contributed by atoms with Crippen molar-refractivity contribution in [3.63, 3.8) is 0 Å². The number of carbonyl (C=O) groups excluding carboxylic acids is 3. The molecule has 8 nitrogen and oxygen atoms in total. The highest BCUT2D eigenvalue weighted by Crippen LogP contribution is 2.27. The minimum atomic E-state index is -0.648. The standard InChI is InChI=1S/C35H48ClN5O3/c1-24(2)22-41(30-15-19-40(23-30)25(3)42)29-13-17-39(18-14-29)35(44)33(20-26-8-10-28(36)11-9-26)38-34(43)21-32-31-7-5-4-6-27(31)12-16-37-32/h4-11,24,29-30,32-33,37H,12-23H2,1-3H3,(H,38,43)/t30-,32?,33-/m1/s1. The van der Waals surface area contributed by atoms with E-state index in [0.717, 1.165) is 63.0 Å². The molecule has 1 unspecified atom stereocenters. The van der Waals surface area contributed by atoms with Crippen LogP contribution < -0.4 is 10.6 Å². The van der Waals surface area contributed by atoms with Gasteiger partial charge in [0.15, 0.2) is 0 Å². The number of hydrogen-bond acceptors (Lipinski definition) is 5. The molecule has 3 aliphatic heterocycles. The molecule has 2 saturated heterocycles. The van der Waals surface area contributed by atoms with Gasteiger partial charge >= 0.3 is 0 Å². The smallest absolute Gasteiger partial charge is 0.245 e. The average molecular weight is 622 g/mol. The van der Waals surface area contributed by atoms with Crippen molar-refractivity contribution in [2.24, 2.45) is 5.92 Å². The zero-order valence-corrected chi connectivity index (χ0v) is 27.2. The summed E-state index contributed by atoms with van der Waals surface area (Å²) in [5.41, 5.74) is 3.40. The van der Waals surface area contributed by atoms with Gasteiger partial charge in [-0.05, 0) is 67.0 Å². The van der Waals surface area contributed by atoms with E-state index >= 15 is 0 Å². The number of likely N-dealkylation sites (tertiary alicyclic amines) is 2. The van der Waals surface area contributed by atoms with E-state index in [9.17, 15) is 14.4 Å². The van der Waals surface area contributed by atoms with Crippen LogP contribution in [0.2, 0.25) is 5.02 Å². The second-order valence-electron chi connectivity index (χ2n) is 13.2. The fourth-order valence-electron chi connectivity index (χ4n) is 7.22. The lowest BCUT2D eigenvalue weighted by molar-refractivity contribution is -0.138. The van der Waals surface area contributed by atoms with E-state index in [0.29, 0.717) is 42.5 Å². The van der Waals surface area contributed by atoms with Gasteiger partial charge in [-0.2, -0.15) is 0 Å². The van der Waals surface area contributed by atoms with Gasteiger partial charge in [-0.1, -0.05) is 61.8 Å². The van der Waals surface area contributed by atoms with Crippen LogP contribution in [0.3, 0.4) is 0 Å². The van der Waals surface area contributed by atoms with Crippen molar-refractivity contribution in [1.29, 1.82) is 0 Å². The number of benzene rings is 2. The van der Waals surface area contributed by atoms with E-state index in [1.54, 1.807) is 6.92 Å². The van der Waals surface area contributed by atoms with Crippen LogP contribution in [0.15, 0.2) is 48.5 Å². The van der Waals surface area contributed by atoms with Crippen molar-refractivity contribution < 1.29 is 14.4 Å². The highest BCUT2D eigenvalue weighted by molar-refractivity contribution is 6.30. The van der Waals surface area contributed by atoms with Gasteiger partial charge in [-0.25, -0.2) is 0 Å². The summed E-state index contributed by atoms with van der Waals surface area (Å²) in [6, 6.07) is 15.8. The number of rotatable bonds is 10. The monoisotopic (exact) mass is 621 g/mol. The largest absolute Gasteiger partial charge is 0.344 e. The summed E-state index contributed by atoms with van der Waals surface area (Å²) < 4.78 is 0. The van der Waals surface area contributed by atoms with Crippen LogP contribution in [0, 0.1) is 5.92 Å². The lowest BCUT2D eigenvalue weighted by atomic mass is 9.92. The van der Waals surface area contributed by atoms with Crippen LogP contribution >= 0.6 is 11.6 Å². The first-order valence-corrected chi connectivity index (χ1v) is 16.7. The van der Waals surface area contributed by atoms with Crippen LogP contribution in [0.1, 0.15) is 69.2 Å². The van der Waals surface area contributed by atoms with Crippen molar-refractivity contribution in [3.8, 4) is 0 Å². The van der Waals surface area contributed by atoms with Crippen LogP contribution in [0.4, 0.5) is 0 Å². The number of halogens is 1. The first kappa shape index (κ1) is 32.5. The topological polar surface area (TPSA) is 85.0 Å². The van der Waals surface area contributed by atoms with Gasteiger partial charge in [0.25, 0.3) is 0 Å². The molecule has 0 aliphatic carbocycles. The first-order valence-electron chi connectivity index (χ1n) is 16.3. The summed E-state index contributed by atoms with van der Waals surface area (Å²) >= 11 is 6.13. The maximum absolute atomic E-state index is 14.0. The molecule has 44 heavy (non-hydrogen) atoms. The third-order valence-corrected chi connectivity index (χ3v) is 9.74. The summed E-state index contributed by atoms with van der Waals surface area (Å²) in [6.07, 6.45) is 4.43. The molecule has 0 spiro atoms. The van der Waals surface area contributed by atoms with Crippen LogP contribution in [0.5, 0.6) is 0 Å². The molecule has 3 amide bonds. The van der Waals surface area contributed by atoms with Gasteiger partial charge in [0.2, 0.25) is 17.7 Å². The Labute approximate surface area is 267 Å². The van der Waals surface area contributed by atoms with Gasteiger partial charge in [0.1, 0.15) is 6.04 Å². The Hall–Kier alpha value is -2.94. The summed E-state index contributed by atoms with van der Waals surface area (Å²) in [5, 5.41) is 7.26. The van der Waals surface area contributed by atoms with Crippen LogP contribution in [-0.4, -0.2) is 89.8 Å². The molecule has 2 aromatic rings. The number of nitrogens with zero attached hydrogens (tertiary/aromatic N) is 3. The number of carbonyl (C=O) groups is 3. The molecular weight excluding hydrogens is 574 g/mol. The van der Waals surface area contributed by atoms with Gasteiger partial charge in [0, 0.05) is 75.6 Å². The number of nitrogens with one attached hydrogen (secondary N) is 2. The zero-order valence-electron chi connectivity index (χ0n) is 26.4. The molecule has 0 bridgehead atoms. The fourth-order valence-corrected chi connectivity index (χ4v) is 7.35. The Morgan fingerprint density at radius 2 is 1.66 bits per heavy atom. The van der Waals surface area contributed by atoms with Crippen LogP contribution in [0.25, 0.3) is 0 Å². The molecule has 2 N–H and O–H groups in total. The quantitative estimate of drug-likeness (QED) is 0.415. The zero-order chi connectivity index (χ0) is 31.2. The van der Waals surface area contributed by atoms with Gasteiger partial charge in [-0.3, -0.25) is 19.3 Å². The Morgan fingerprint density at radius 3 is 2.34 bits per heavy atom. The van der Waals surface area contributed by atoms with Crippen molar-refractivity contribution in [2.45, 2.75) is 83.5 Å². The summed E-state index contributed by atoms with van der Waals surface area (Å²) in [4.78, 5) is 46.0. The average Bonchev–Trinajstić information content (AvgIpc) is 3.51. The second-order valence-corrected chi connectivity index (χ2v) is 13.6. The van der Waals surface area contributed by atoms with Crippen molar-refractivity contribution in [3.05, 3.63) is 70.2 Å². The molecule has 9 heteroatoms. The molecule has 2 fully saturated rings. The lowest BCUT2D eigenvalue weighted by Gasteiger charge is -2.43. The van der Waals surface area contributed by atoms with E-state index in [1.165, 1.54) is 5.56 Å². The van der Waals surface area contributed by atoms with Gasteiger partial charge in [-0.15, -0.1) is 0 Å². The van der Waals surface area contributed by atoms with E-state index < -0.39 is 6.04 Å². The molecule has 0 aromatic heterocycles. The molecule has 3 atom stereocenters. The number of amides is 3. The maximum Gasteiger partial charge on any atom is 0.245 e. The number of piperidine rings is 1. The van der Waals surface area contributed by atoms with Crippen LogP contribution in [-0.2, 0) is 27.2 Å². The molecule has 3 heterocycles. The Morgan fingerprint density at radius 1 is 0.977 bits per heavy atom. The molecular formula is C35H48ClN5O3. The van der Waals surface area contributed by atoms with E-state index in [2.05, 4.69) is 41.5 Å². The van der Waals surface area contributed by atoms with Crippen molar-refractivity contribution in [2.75, 3.05) is 39.3 Å². The fraction of sp³-hybridized carbons (Fsp3) is 0.571. The van der Waals surface area contributed by atoms with E-state index in [1.807, 2.05) is 46.2 Å². The summed E-state index contributed by atoms with van der Waals surface area (Å²) in [5.74, 6) is 0.517. The third-order valence-electron chi connectivity index (χ3n) is 9.49. The van der Waals surface area contributed by atoms with E-state index in [-0.39, 0.29) is 30.2 Å². The molecule has 0 radical (unpaired) electrons. The highest BCUT2D eigenvalue weighted by atomic mass is 35.5. The lowest BCUT2D eigenvalue weighted by Crippen LogP contribution is -2.55. The summed E-state index contributed by atoms with van der Waals surface area (Å²) in [7, 11) is 0. The Balaban J connectivity index is 1.24. The SMILES string of the molecule is CC(=O)N1CC[C@@H](N(CC(C)C)C2CCN(C(=O)[C@@H](Cc3ccc(Cl)cc3)NC(=O)CC3NCCc4ccccc43)CC2)C1. The third kappa shape index (κ3) is 8.20. The maximum atomic E-state index is 14.0. The van der Waals surface area contributed by atoms with Gasteiger partial charge < -0.3 is 20.4 Å². The summed E-state index contributed by atoms with van der Waals surface area (Å²) in [6.45, 7) is 10.9. The van der Waals surface area contributed by atoms with Gasteiger partial charge in [0.05, 0.1) is 0 Å². The minimum Gasteiger partial charge on any atom is -0.344 e. The van der Waals surface area contributed by atoms with Crippen molar-refractivity contribution >= 4 is 29.3 Å². The Bertz CT molecular complexity index is 1290. The highest BCUT2D eigenvalue weighted by Gasteiger charge is 2.37. The predicted octanol–water partition coefficient (Wildman–Crippen LogP) is 4.21.